The summed E-state index contributed by atoms with van der Waals surface area (Å²) in [5, 5.41) is 6.26. The van der Waals surface area contributed by atoms with Crippen LogP contribution < -0.4 is 15.5 Å². The summed E-state index contributed by atoms with van der Waals surface area (Å²) in [6.07, 6.45) is 3.19. The second kappa shape index (κ2) is 11.5. The van der Waals surface area contributed by atoms with Gasteiger partial charge in [0.25, 0.3) is 5.91 Å². The fourth-order valence-electron chi connectivity index (χ4n) is 4.22. The molecule has 202 valence electrons. The van der Waals surface area contributed by atoms with Crippen LogP contribution in [0.15, 0.2) is 59.9 Å². The number of rotatable bonds is 7. The lowest BCUT2D eigenvalue weighted by Gasteiger charge is -2.32. The number of likely N-dealkylation sites (N-methyl/N-ethyl adjacent to an activating group) is 1. The number of carbonyl (C=O) groups excluding carboxylic acids is 1. The summed E-state index contributed by atoms with van der Waals surface area (Å²) < 4.78 is 14.0. The molecule has 5 rings (SSSR count). The van der Waals surface area contributed by atoms with Crippen LogP contribution in [0, 0.1) is 6.92 Å². The third-order valence-electron chi connectivity index (χ3n) is 6.53. The summed E-state index contributed by atoms with van der Waals surface area (Å²) in [6.45, 7) is 5.55. The van der Waals surface area contributed by atoms with Gasteiger partial charge in [-0.3, -0.25) is 4.79 Å². The van der Waals surface area contributed by atoms with E-state index in [1.807, 2.05) is 13.0 Å². The van der Waals surface area contributed by atoms with Gasteiger partial charge in [-0.2, -0.15) is 0 Å². The monoisotopic (exact) mass is 545 g/mol. The van der Waals surface area contributed by atoms with Crippen molar-refractivity contribution in [3.05, 3.63) is 66.1 Å². The Morgan fingerprint density at radius 2 is 1.85 bits per heavy atom. The van der Waals surface area contributed by atoms with Gasteiger partial charge >= 0.3 is 0 Å². The van der Waals surface area contributed by atoms with Gasteiger partial charge in [-0.25, -0.2) is 19.9 Å². The SMILES string of the molecule is Cc1ccc(C(=O)Nc2cccc([S+]([O-])N(C)C)c2)cc1Nc1ncnc2cnc(N3CCN(C)CC3)nc12. The lowest BCUT2D eigenvalue weighted by molar-refractivity contribution is 0.102. The molecule has 2 N–H and O–H groups in total. The number of aryl methyl sites for hydroxylation is 1. The Morgan fingerprint density at radius 1 is 1.05 bits per heavy atom. The Kier molecular flexibility index (Phi) is 7.89. The Hall–Kier alpha value is -3.84. The number of nitrogens with one attached hydrogen (secondary N) is 2. The normalized spacial score (nSPS) is 15.0. The Balaban J connectivity index is 1.38. The standard InChI is InChI=1S/C27H31N9O2S/c1-18-8-9-19(26(37)31-20-6-5-7-21(15-20)39(38)34(2)3)14-22(18)32-25-24-23(29-17-30-25)16-28-27(33-24)36-12-10-35(4)11-13-36/h5-9,14-17H,10-13H2,1-4H3,(H,31,37)(H,29,30,32). The first-order chi connectivity index (χ1) is 18.8. The molecule has 0 radical (unpaired) electrons. The highest BCUT2D eigenvalue weighted by molar-refractivity contribution is 7.89. The molecule has 39 heavy (non-hydrogen) atoms. The first kappa shape index (κ1) is 26.8. The number of nitrogens with zero attached hydrogens (tertiary/aromatic N) is 7. The molecule has 3 heterocycles. The summed E-state index contributed by atoms with van der Waals surface area (Å²) >= 11 is -1.31. The first-order valence-electron chi connectivity index (χ1n) is 12.6. The molecule has 1 saturated heterocycles. The van der Waals surface area contributed by atoms with E-state index in [0.29, 0.717) is 38.9 Å². The lowest BCUT2D eigenvalue weighted by atomic mass is 10.1. The minimum absolute atomic E-state index is 0.280. The van der Waals surface area contributed by atoms with Crippen molar-refractivity contribution in [2.75, 3.05) is 62.9 Å². The molecule has 2 aromatic carbocycles. The fourth-order valence-corrected chi connectivity index (χ4v) is 5.06. The van der Waals surface area contributed by atoms with Gasteiger partial charge in [0.15, 0.2) is 10.7 Å². The van der Waals surface area contributed by atoms with Gasteiger partial charge in [0, 0.05) is 63.3 Å². The third-order valence-corrected chi connectivity index (χ3v) is 7.85. The number of hydrogen-bond donors (Lipinski definition) is 2. The number of amides is 1. The van der Waals surface area contributed by atoms with E-state index in [0.717, 1.165) is 37.4 Å². The van der Waals surface area contributed by atoms with Crippen molar-refractivity contribution in [3.8, 4) is 0 Å². The van der Waals surface area contributed by atoms with Crippen LogP contribution in [0.5, 0.6) is 0 Å². The van der Waals surface area contributed by atoms with Crippen LogP contribution >= 0.6 is 0 Å². The Labute approximate surface area is 230 Å². The van der Waals surface area contributed by atoms with E-state index in [9.17, 15) is 9.35 Å². The molecule has 1 amide bonds. The van der Waals surface area contributed by atoms with Crippen molar-refractivity contribution in [2.45, 2.75) is 11.8 Å². The third kappa shape index (κ3) is 6.09. The highest BCUT2D eigenvalue weighted by Gasteiger charge is 2.19. The number of aromatic nitrogens is 4. The topological polar surface area (TPSA) is 125 Å². The summed E-state index contributed by atoms with van der Waals surface area (Å²) in [5.74, 6) is 0.908. The van der Waals surface area contributed by atoms with E-state index >= 15 is 0 Å². The van der Waals surface area contributed by atoms with Gasteiger partial charge in [0.1, 0.15) is 17.4 Å². The number of fused-ring (bicyclic) bond motifs is 1. The fraction of sp³-hybridized carbons (Fsp3) is 0.296. The molecule has 2 aromatic heterocycles. The zero-order valence-corrected chi connectivity index (χ0v) is 23.2. The number of carbonyl (C=O) groups is 1. The van der Waals surface area contributed by atoms with E-state index < -0.39 is 11.4 Å². The molecule has 0 bridgehead atoms. The molecular formula is C27H31N9O2S. The quantitative estimate of drug-likeness (QED) is 0.335. The van der Waals surface area contributed by atoms with Crippen molar-refractivity contribution in [2.24, 2.45) is 0 Å². The molecule has 1 atom stereocenters. The van der Waals surface area contributed by atoms with Gasteiger partial charge in [0.05, 0.1) is 17.6 Å². The second-order valence-electron chi connectivity index (χ2n) is 9.61. The van der Waals surface area contributed by atoms with Gasteiger partial charge in [-0.1, -0.05) is 12.1 Å². The molecular weight excluding hydrogens is 514 g/mol. The molecule has 0 saturated carbocycles. The molecule has 12 heteroatoms. The second-order valence-corrected chi connectivity index (χ2v) is 11.3. The zero-order valence-electron chi connectivity index (χ0n) is 22.4. The molecule has 1 fully saturated rings. The Morgan fingerprint density at radius 3 is 2.62 bits per heavy atom. The summed E-state index contributed by atoms with van der Waals surface area (Å²) in [5.41, 5.74) is 3.94. The summed E-state index contributed by atoms with van der Waals surface area (Å²) in [7, 11) is 5.58. The molecule has 0 aliphatic carbocycles. The highest BCUT2D eigenvalue weighted by Crippen LogP contribution is 2.26. The number of benzene rings is 2. The van der Waals surface area contributed by atoms with Crippen molar-refractivity contribution in [3.63, 3.8) is 0 Å². The average Bonchev–Trinajstić information content (AvgIpc) is 2.94. The molecule has 11 nitrogen and oxygen atoms in total. The van der Waals surface area contributed by atoms with Crippen LogP contribution in [0.4, 0.5) is 23.1 Å². The van der Waals surface area contributed by atoms with E-state index in [1.165, 1.54) is 6.33 Å². The minimum atomic E-state index is -1.31. The van der Waals surface area contributed by atoms with Crippen LogP contribution in [0.2, 0.25) is 0 Å². The summed E-state index contributed by atoms with van der Waals surface area (Å²) in [4.78, 5) is 36.3. The summed E-state index contributed by atoms with van der Waals surface area (Å²) in [6, 6.07) is 12.4. The number of piperazine rings is 1. The van der Waals surface area contributed by atoms with E-state index in [1.54, 1.807) is 61.0 Å². The average molecular weight is 546 g/mol. The largest absolute Gasteiger partial charge is 0.593 e. The minimum Gasteiger partial charge on any atom is -0.593 e. The van der Waals surface area contributed by atoms with Crippen LogP contribution in [0.3, 0.4) is 0 Å². The van der Waals surface area contributed by atoms with E-state index in [4.69, 9.17) is 4.98 Å². The number of hydrogen-bond acceptors (Lipinski definition) is 10. The van der Waals surface area contributed by atoms with Gasteiger partial charge in [-0.05, 0) is 43.8 Å². The maximum absolute atomic E-state index is 13.1. The molecule has 4 aromatic rings. The van der Waals surface area contributed by atoms with Crippen molar-refractivity contribution >= 4 is 51.4 Å². The molecule has 0 spiro atoms. The van der Waals surface area contributed by atoms with Gasteiger partial charge in [-0.15, -0.1) is 4.31 Å². The molecule has 1 aliphatic rings. The smallest absolute Gasteiger partial charge is 0.255 e. The maximum atomic E-state index is 13.1. The van der Waals surface area contributed by atoms with Crippen LogP contribution in [0.25, 0.3) is 11.0 Å². The van der Waals surface area contributed by atoms with Crippen molar-refractivity contribution < 1.29 is 9.35 Å². The van der Waals surface area contributed by atoms with Gasteiger partial charge < -0.3 is 25.0 Å². The van der Waals surface area contributed by atoms with E-state index in [2.05, 4.69) is 42.4 Å². The first-order valence-corrected chi connectivity index (χ1v) is 13.7. The van der Waals surface area contributed by atoms with Crippen molar-refractivity contribution in [1.29, 1.82) is 0 Å². The van der Waals surface area contributed by atoms with E-state index in [-0.39, 0.29) is 5.91 Å². The maximum Gasteiger partial charge on any atom is 0.255 e. The predicted octanol–water partition coefficient (Wildman–Crippen LogP) is 3.06. The van der Waals surface area contributed by atoms with Crippen LogP contribution in [-0.4, -0.2) is 86.9 Å². The number of anilines is 4. The van der Waals surface area contributed by atoms with Crippen LogP contribution in [-0.2, 0) is 11.4 Å². The zero-order chi connectivity index (χ0) is 27.5. The molecule has 1 unspecified atom stereocenters. The lowest BCUT2D eigenvalue weighted by Crippen LogP contribution is -2.45. The van der Waals surface area contributed by atoms with Crippen molar-refractivity contribution in [1.82, 2.24) is 29.1 Å². The predicted molar refractivity (Wildman–Crippen MR) is 154 cm³/mol. The van der Waals surface area contributed by atoms with Gasteiger partial charge in [0.2, 0.25) is 5.95 Å². The Bertz CT molecular complexity index is 1490. The highest BCUT2D eigenvalue weighted by atomic mass is 32.2. The van der Waals surface area contributed by atoms with Crippen LogP contribution in [0.1, 0.15) is 15.9 Å². The molecule has 1 aliphatic heterocycles.